The number of sulfonamides is 1. The Balaban J connectivity index is 1.83. The highest BCUT2D eigenvalue weighted by Crippen LogP contribution is 2.25. The first-order chi connectivity index (χ1) is 14.8. The fourth-order valence-electron chi connectivity index (χ4n) is 2.86. The molecule has 3 rings (SSSR count). The average Bonchev–Trinajstić information content (AvgIpc) is 2.74. The van der Waals surface area contributed by atoms with Gasteiger partial charge in [-0.2, -0.15) is 0 Å². The molecule has 0 aromatic heterocycles. The van der Waals surface area contributed by atoms with Gasteiger partial charge < -0.3 is 10.1 Å². The second-order valence-electron chi connectivity index (χ2n) is 7.04. The first-order valence-electron chi connectivity index (χ1n) is 9.65. The van der Waals surface area contributed by atoms with Crippen LogP contribution in [0.15, 0.2) is 88.2 Å². The summed E-state index contributed by atoms with van der Waals surface area (Å²) in [6.45, 7) is 3.49. The lowest BCUT2D eigenvalue weighted by Gasteiger charge is -2.24. The van der Waals surface area contributed by atoms with E-state index in [1.54, 1.807) is 66.7 Å². The van der Waals surface area contributed by atoms with Crippen LogP contribution >= 0.6 is 15.9 Å². The monoisotopic (exact) mass is 502 g/mol. The molecule has 0 heterocycles. The molecule has 162 valence electrons. The molecule has 0 radical (unpaired) electrons. The van der Waals surface area contributed by atoms with Crippen molar-refractivity contribution in [3.63, 3.8) is 0 Å². The fraction of sp³-hybridized carbons (Fsp3) is 0.174. The number of ether oxygens (including phenoxy) is 1. The Morgan fingerprint density at radius 1 is 0.968 bits per heavy atom. The van der Waals surface area contributed by atoms with Crippen LogP contribution in [0.3, 0.4) is 0 Å². The van der Waals surface area contributed by atoms with Gasteiger partial charge in [0.2, 0.25) is 5.91 Å². The van der Waals surface area contributed by atoms with Gasteiger partial charge in [0.15, 0.2) is 0 Å². The van der Waals surface area contributed by atoms with Crippen LogP contribution in [-0.4, -0.2) is 27.0 Å². The maximum Gasteiger partial charge on any atom is 0.264 e. The number of carbonyl (C=O) groups is 1. The highest BCUT2D eigenvalue weighted by molar-refractivity contribution is 9.10. The van der Waals surface area contributed by atoms with Gasteiger partial charge in [-0.1, -0.05) is 34.1 Å². The molecule has 1 amide bonds. The topological polar surface area (TPSA) is 75.7 Å². The Morgan fingerprint density at radius 3 is 2.16 bits per heavy atom. The number of hydrogen-bond acceptors (Lipinski definition) is 4. The number of rotatable bonds is 8. The SMILES string of the molecule is CC(C)Oc1ccc(NC(=O)CN(c2ccc(Br)cc2)S(=O)(=O)c2ccccc2)cc1. The number of anilines is 2. The number of amides is 1. The third-order valence-corrected chi connectivity index (χ3v) is 6.56. The molecule has 31 heavy (non-hydrogen) atoms. The van der Waals surface area contributed by atoms with Crippen LogP contribution in [-0.2, 0) is 14.8 Å². The van der Waals surface area contributed by atoms with Crippen LogP contribution in [0.25, 0.3) is 0 Å². The Bertz CT molecular complexity index is 1120. The van der Waals surface area contributed by atoms with Gasteiger partial charge in [0.05, 0.1) is 16.7 Å². The summed E-state index contributed by atoms with van der Waals surface area (Å²) >= 11 is 3.35. The number of hydrogen-bond donors (Lipinski definition) is 1. The summed E-state index contributed by atoms with van der Waals surface area (Å²) in [6.07, 6.45) is 0.0445. The van der Waals surface area contributed by atoms with Gasteiger partial charge in [-0.3, -0.25) is 9.10 Å². The maximum atomic E-state index is 13.3. The third-order valence-electron chi connectivity index (χ3n) is 4.24. The molecule has 0 unspecified atom stereocenters. The van der Waals surface area contributed by atoms with Crippen LogP contribution in [0.2, 0.25) is 0 Å². The smallest absolute Gasteiger partial charge is 0.264 e. The standard InChI is InChI=1S/C23H23BrN2O4S/c1-17(2)30-21-14-10-19(11-15-21)25-23(27)16-26(20-12-8-18(24)9-13-20)31(28,29)22-6-4-3-5-7-22/h3-15,17H,16H2,1-2H3,(H,25,27). The zero-order chi connectivity index (χ0) is 22.4. The summed E-state index contributed by atoms with van der Waals surface area (Å²) in [4.78, 5) is 12.9. The second kappa shape index (κ2) is 9.98. The fourth-order valence-corrected chi connectivity index (χ4v) is 4.57. The molecule has 0 spiro atoms. The minimum Gasteiger partial charge on any atom is -0.491 e. The van der Waals surface area contributed by atoms with Gasteiger partial charge in [-0.25, -0.2) is 8.42 Å². The molecule has 3 aromatic rings. The van der Waals surface area contributed by atoms with Gasteiger partial charge in [0.1, 0.15) is 12.3 Å². The van der Waals surface area contributed by atoms with E-state index >= 15 is 0 Å². The molecule has 0 aliphatic rings. The zero-order valence-electron chi connectivity index (χ0n) is 17.2. The Morgan fingerprint density at radius 2 is 1.58 bits per heavy atom. The lowest BCUT2D eigenvalue weighted by atomic mass is 10.3. The third kappa shape index (κ3) is 6.08. The normalized spacial score (nSPS) is 11.2. The highest BCUT2D eigenvalue weighted by atomic mass is 79.9. The van der Waals surface area contributed by atoms with Crippen molar-refractivity contribution in [3.05, 3.63) is 83.3 Å². The van der Waals surface area contributed by atoms with Crippen molar-refractivity contribution >= 4 is 43.2 Å². The van der Waals surface area contributed by atoms with Crippen molar-refractivity contribution in [1.82, 2.24) is 0 Å². The molecule has 0 fully saturated rings. The van der Waals surface area contributed by atoms with Gasteiger partial charge in [-0.05, 0) is 74.5 Å². The van der Waals surface area contributed by atoms with Crippen LogP contribution in [0.5, 0.6) is 5.75 Å². The summed E-state index contributed by atoms with van der Waals surface area (Å²) in [7, 11) is -3.94. The molecule has 8 heteroatoms. The van der Waals surface area contributed by atoms with Crippen LogP contribution in [0.1, 0.15) is 13.8 Å². The van der Waals surface area contributed by atoms with Crippen LogP contribution in [0, 0.1) is 0 Å². The number of halogens is 1. The predicted octanol–water partition coefficient (Wildman–Crippen LogP) is 5.07. The molecule has 1 N–H and O–H groups in total. The molecule has 0 bridgehead atoms. The molecule has 0 atom stereocenters. The van der Waals surface area contributed by atoms with E-state index in [0.29, 0.717) is 17.1 Å². The number of nitrogens with one attached hydrogen (secondary N) is 1. The van der Waals surface area contributed by atoms with Gasteiger partial charge >= 0.3 is 0 Å². The molecule has 0 saturated carbocycles. The summed E-state index contributed by atoms with van der Waals surface area (Å²) in [5.41, 5.74) is 0.942. The Kier molecular flexibility index (Phi) is 7.35. The largest absolute Gasteiger partial charge is 0.491 e. The molecular weight excluding hydrogens is 480 g/mol. The maximum absolute atomic E-state index is 13.3. The van der Waals surface area contributed by atoms with Crippen molar-refractivity contribution in [3.8, 4) is 5.75 Å². The first kappa shape index (κ1) is 22.8. The van der Waals surface area contributed by atoms with Gasteiger partial charge in [0.25, 0.3) is 10.0 Å². The average molecular weight is 503 g/mol. The van der Waals surface area contributed by atoms with E-state index in [1.165, 1.54) is 12.1 Å². The lowest BCUT2D eigenvalue weighted by Crippen LogP contribution is -2.38. The van der Waals surface area contributed by atoms with E-state index in [2.05, 4.69) is 21.2 Å². The molecule has 0 saturated heterocycles. The molecule has 6 nitrogen and oxygen atoms in total. The van der Waals surface area contributed by atoms with Crippen LogP contribution in [0.4, 0.5) is 11.4 Å². The molecule has 0 aliphatic heterocycles. The quantitative estimate of drug-likeness (QED) is 0.466. The van der Waals surface area contributed by atoms with E-state index in [4.69, 9.17) is 4.74 Å². The Labute approximate surface area is 191 Å². The minimum atomic E-state index is -3.94. The molecular formula is C23H23BrN2O4S. The van der Waals surface area contributed by atoms with Crippen molar-refractivity contribution in [2.75, 3.05) is 16.2 Å². The highest BCUT2D eigenvalue weighted by Gasteiger charge is 2.27. The minimum absolute atomic E-state index is 0.0445. The summed E-state index contributed by atoms with van der Waals surface area (Å²) in [6, 6.07) is 21.7. The van der Waals surface area contributed by atoms with Crippen molar-refractivity contribution in [2.24, 2.45) is 0 Å². The van der Waals surface area contributed by atoms with Crippen molar-refractivity contribution in [1.29, 1.82) is 0 Å². The van der Waals surface area contributed by atoms with Crippen molar-refractivity contribution < 1.29 is 17.9 Å². The number of benzene rings is 3. The lowest BCUT2D eigenvalue weighted by molar-refractivity contribution is -0.114. The molecule has 0 aliphatic carbocycles. The van der Waals surface area contributed by atoms with Gasteiger partial charge in [0, 0.05) is 10.2 Å². The summed E-state index contributed by atoms with van der Waals surface area (Å²) in [5, 5.41) is 2.75. The van der Waals surface area contributed by atoms with Crippen LogP contribution < -0.4 is 14.4 Å². The predicted molar refractivity (Wildman–Crippen MR) is 126 cm³/mol. The van der Waals surface area contributed by atoms with Gasteiger partial charge in [-0.15, -0.1) is 0 Å². The van der Waals surface area contributed by atoms with Crippen molar-refractivity contribution in [2.45, 2.75) is 24.8 Å². The number of carbonyl (C=O) groups excluding carboxylic acids is 1. The van der Waals surface area contributed by atoms with E-state index in [9.17, 15) is 13.2 Å². The van der Waals surface area contributed by atoms with E-state index in [0.717, 1.165) is 8.78 Å². The summed E-state index contributed by atoms with van der Waals surface area (Å²) < 4.78 is 34.0. The van der Waals surface area contributed by atoms with E-state index in [-0.39, 0.29) is 17.5 Å². The summed E-state index contributed by atoms with van der Waals surface area (Å²) in [5.74, 6) is 0.232. The Hall–Kier alpha value is -2.84. The zero-order valence-corrected chi connectivity index (χ0v) is 19.6. The van der Waals surface area contributed by atoms with E-state index in [1.807, 2.05) is 13.8 Å². The molecule has 3 aromatic carbocycles. The first-order valence-corrected chi connectivity index (χ1v) is 11.9. The van der Waals surface area contributed by atoms with E-state index < -0.39 is 15.9 Å². The second-order valence-corrected chi connectivity index (χ2v) is 9.82. The number of nitrogens with zero attached hydrogens (tertiary/aromatic N) is 1.